The number of hydrogen-bond donors (Lipinski definition) is 3. The number of aromatic nitrogens is 3. The van der Waals surface area contributed by atoms with Crippen LogP contribution in [0.15, 0.2) is 232 Å². The number of nitrogens with zero attached hydrogens (tertiary/aromatic N) is 3. The third-order valence-electron chi connectivity index (χ3n) is 22.0. The Morgan fingerprint density at radius 2 is 0.655 bits per heavy atom. The minimum absolute atomic E-state index is 0.0160. The molecule has 9 aromatic carbocycles. The lowest BCUT2D eigenvalue weighted by Gasteiger charge is -2.14. The molecule has 3 heterocycles. The summed E-state index contributed by atoms with van der Waals surface area (Å²) in [6, 6.07) is 69.7. The molecule has 15 rings (SSSR count). The van der Waals surface area contributed by atoms with Gasteiger partial charge in [-0.1, -0.05) is 255 Å². The first-order chi connectivity index (χ1) is 55.2. The number of carboxylic acids is 3. The van der Waals surface area contributed by atoms with Gasteiger partial charge in [0.1, 0.15) is 18.8 Å². The van der Waals surface area contributed by atoms with E-state index in [1.807, 2.05) is 197 Å². The van der Waals surface area contributed by atoms with Crippen molar-refractivity contribution in [1.29, 1.82) is 0 Å². The molecule has 18 nitrogen and oxygen atoms in total. The molecule has 0 aliphatic heterocycles. The fourth-order valence-electron chi connectivity index (χ4n) is 14.3. The molecule has 18 heteroatoms. The van der Waals surface area contributed by atoms with Gasteiger partial charge >= 0.3 is 35.8 Å². The number of hydrogen-bond acceptors (Lipinski definition) is 15. The fourth-order valence-corrected chi connectivity index (χ4v) is 14.3. The van der Waals surface area contributed by atoms with Crippen molar-refractivity contribution >= 4 is 35.8 Å². The zero-order chi connectivity index (χ0) is 81.5. The van der Waals surface area contributed by atoms with E-state index in [4.69, 9.17) is 30.5 Å². The van der Waals surface area contributed by atoms with E-state index in [0.29, 0.717) is 95.1 Å². The van der Waals surface area contributed by atoms with Crippen molar-refractivity contribution in [3.05, 3.63) is 302 Å². The molecule has 0 spiro atoms. The number of ether oxygens (including phenoxy) is 3. The lowest BCUT2D eigenvalue weighted by Crippen LogP contribution is -2.19. The molecule has 12 aromatic rings. The van der Waals surface area contributed by atoms with Crippen LogP contribution in [0, 0.1) is 20.8 Å². The van der Waals surface area contributed by atoms with E-state index in [2.05, 4.69) is 53.6 Å². The van der Waals surface area contributed by atoms with Crippen molar-refractivity contribution in [2.45, 2.75) is 167 Å². The van der Waals surface area contributed by atoms with Crippen LogP contribution in [-0.2, 0) is 104 Å². The molecule has 3 aromatic heterocycles. The molecule has 113 heavy (non-hydrogen) atoms. The monoisotopic (exact) mass is 1520 g/mol. The van der Waals surface area contributed by atoms with E-state index in [0.717, 1.165) is 96.3 Å². The van der Waals surface area contributed by atoms with Gasteiger partial charge in [-0.3, -0.25) is 28.8 Å². The number of benzene rings is 9. The predicted molar refractivity (Wildman–Crippen MR) is 429 cm³/mol. The number of rotatable bonds is 27. The van der Waals surface area contributed by atoms with Gasteiger partial charge in [-0.2, -0.15) is 0 Å². The third kappa shape index (κ3) is 17.8. The molecule has 0 amide bonds. The van der Waals surface area contributed by atoms with Gasteiger partial charge in [0.2, 0.25) is 0 Å². The van der Waals surface area contributed by atoms with Crippen LogP contribution >= 0.6 is 0 Å². The molecule has 2 atom stereocenters. The number of aryl methyl sites for hydroxylation is 6. The molecule has 576 valence electrons. The molecule has 3 N–H and O–H groups in total. The number of carboxylic acid groups (broad SMARTS) is 3. The fraction of sp³-hybridized carbons (Fsp3) is 0.274. The Bertz CT molecular complexity index is 5530. The van der Waals surface area contributed by atoms with Crippen molar-refractivity contribution in [1.82, 2.24) is 15.5 Å². The van der Waals surface area contributed by atoms with Crippen LogP contribution < -0.4 is 0 Å². The second-order valence-corrected chi connectivity index (χ2v) is 29.5. The summed E-state index contributed by atoms with van der Waals surface area (Å²) in [4.78, 5) is 73.2. The predicted octanol–water partition coefficient (Wildman–Crippen LogP) is 20.0. The molecule has 0 unspecified atom stereocenters. The Labute approximate surface area is 659 Å². The lowest BCUT2D eigenvalue weighted by molar-refractivity contribution is -0.148. The minimum Gasteiger partial charge on any atom is -0.481 e. The van der Waals surface area contributed by atoms with Gasteiger partial charge in [0, 0.05) is 36.1 Å². The number of carbonyl (C=O) groups excluding carboxylic acids is 3. The van der Waals surface area contributed by atoms with Crippen LogP contribution in [0.5, 0.6) is 0 Å². The van der Waals surface area contributed by atoms with Crippen LogP contribution in [0.2, 0.25) is 0 Å². The van der Waals surface area contributed by atoms with Crippen molar-refractivity contribution in [3.8, 4) is 67.4 Å². The summed E-state index contributed by atoms with van der Waals surface area (Å²) < 4.78 is 49.6. The van der Waals surface area contributed by atoms with Crippen LogP contribution in [0.25, 0.3) is 67.4 Å². The SMILES string of the molecule is CCc1cccc(COC(=O)Cc2c(C)noc2-c2ccc(-c3ccc(C4(C(=O)O)CC4)cc3)cc2)c1.CCc1cccc([C@@H](C)OC(=O)Cc2c(C)noc2-c2ccc(-c3ccc(C4(C(=O)O)CC4)cc3)cc2)c1.[2H]C([2H])(C)c1cccc([C@@H](C)OC(=O)Cc2c(C)noc2-c2ccc(-c3ccc(C4(C(=O)O)CC4)cc3)cc2)c1. The number of carbonyl (C=O) groups is 6. The summed E-state index contributed by atoms with van der Waals surface area (Å²) in [6.07, 6.45) is 3.69. The van der Waals surface area contributed by atoms with Gasteiger partial charge in [0.15, 0.2) is 17.3 Å². The average molecular weight is 1520 g/mol. The second kappa shape index (κ2) is 34.0. The maximum absolute atomic E-state index is 12.9. The highest BCUT2D eigenvalue weighted by Gasteiger charge is 2.53. The zero-order valence-corrected chi connectivity index (χ0v) is 64.5. The molecule has 0 radical (unpaired) electrons. The smallest absolute Gasteiger partial charge is 0.314 e. The molecule has 0 saturated heterocycles. The van der Waals surface area contributed by atoms with E-state index in [1.54, 1.807) is 32.0 Å². The Hall–Kier alpha value is -12.6. The third-order valence-corrected chi connectivity index (χ3v) is 22.0. The molecular weight excluding hydrogens is 1420 g/mol. The van der Waals surface area contributed by atoms with Crippen molar-refractivity contribution in [3.63, 3.8) is 0 Å². The highest BCUT2D eigenvalue weighted by Crippen LogP contribution is 2.51. The van der Waals surface area contributed by atoms with Crippen molar-refractivity contribution in [2.75, 3.05) is 0 Å². The van der Waals surface area contributed by atoms with Gasteiger partial charge in [-0.25, -0.2) is 0 Å². The molecule has 3 aliphatic carbocycles. The van der Waals surface area contributed by atoms with Gasteiger partial charge < -0.3 is 43.1 Å². The molecular formula is C95H91N3O15. The molecule has 3 saturated carbocycles. The maximum Gasteiger partial charge on any atom is 0.314 e. The normalized spacial score (nSPS) is 14.7. The summed E-state index contributed by atoms with van der Waals surface area (Å²) in [5, 5.41) is 40.9. The van der Waals surface area contributed by atoms with Crippen molar-refractivity contribution in [2.24, 2.45) is 0 Å². The Morgan fingerprint density at radius 1 is 0.381 bits per heavy atom. The first-order valence-electron chi connectivity index (χ1n) is 39.2. The summed E-state index contributed by atoms with van der Waals surface area (Å²) in [7, 11) is 0. The summed E-state index contributed by atoms with van der Waals surface area (Å²) in [5.41, 5.74) is 18.4. The Balaban J connectivity index is 0.000000150. The molecule has 3 aliphatic rings. The standard InChI is InChI=1S/2C32H31NO5.C31H29NO5/c2*1-4-22-6-5-7-26(18-22)21(3)37-29(34)19-28-20(2)33-38-30(28)25-10-8-23(9-11-25)24-12-14-27(15-13-24)32(16-17-32)31(35)36;1-3-21-5-4-6-22(17-21)19-36-28(33)18-27-20(2)32-37-29(27)25-9-7-23(8-10-25)24-11-13-26(14-12-24)31(15-16-31)30(34)35/h2*5-15,18,21H,4,16-17,19H2,1-3H3,(H,35,36);4-14,17H,3,15-16,18-19H2,1-2H3,(H,34,35)/t2*21-;/m11./s1/i4D2;;. The van der Waals surface area contributed by atoms with E-state index in [-0.39, 0.29) is 43.9 Å². The highest BCUT2D eigenvalue weighted by molar-refractivity contribution is 5.88. The first kappa shape index (κ1) is 75.8. The summed E-state index contributed by atoms with van der Waals surface area (Å²) in [5.74, 6) is -1.76. The molecule has 0 bridgehead atoms. The van der Waals surface area contributed by atoms with Crippen molar-refractivity contribution < 1.29 is 74.6 Å². The topological polar surface area (TPSA) is 269 Å². The molecule has 3 fully saturated rings. The maximum atomic E-state index is 12.9. The van der Waals surface area contributed by atoms with E-state index in [1.165, 1.54) is 18.1 Å². The van der Waals surface area contributed by atoms with Crippen LogP contribution in [0.3, 0.4) is 0 Å². The first-order valence-corrected chi connectivity index (χ1v) is 38.2. The summed E-state index contributed by atoms with van der Waals surface area (Å²) >= 11 is 0. The lowest BCUT2D eigenvalue weighted by atomic mass is 9.93. The summed E-state index contributed by atoms with van der Waals surface area (Å²) in [6.45, 7) is 15.0. The van der Waals surface area contributed by atoms with Crippen LogP contribution in [0.4, 0.5) is 0 Å². The van der Waals surface area contributed by atoms with Gasteiger partial charge in [0.05, 0.1) is 52.6 Å². The average Bonchev–Trinajstić information content (AvgIpc) is 1.62. The van der Waals surface area contributed by atoms with Gasteiger partial charge in [-0.05, 0) is 176 Å². The minimum atomic E-state index is -1.49. The van der Waals surface area contributed by atoms with Gasteiger partial charge in [0.25, 0.3) is 0 Å². The van der Waals surface area contributed by atoms with E-state index >= 15 is 0 Å². The number of aliphatic carboxylic acids is 3. The number of esters is 3. The Morgan fingerprint density at radius 3 is 0.965 bits per heavy atom. The van der Waals surface area contributed by atoms with Crippen LogP contribution in [-0.4, -0.2) is 66.6 Å². The zero-order valence-electron chi connectivity index (χ0n) is 66.5. The second-order valence-electron chi connectivity index (χ2n) is 29.5. The van der Waals surface area contributed by atoms with E-state index < -0.39 is 52.6 Å². The quantitative estimate of drug-likeness (QED) is 0.0319. The largest absolute Gasteiger partial charge is 0.481 e. The Kier molecular flexibility index (Phi) is 22.8. The van der Waals surface area contributed by atoms with E-state index in [9.17, 15) is 44.1 Å². The highest BCUT2D eigenvalue weighted by atomic mass is 16.6. The van der Waals surface area contributed by atoms with Gasteiger partial charge in [-0.15, -0.1) is 0 Å². The van der Waals surface area contributed by atoms with Crippen LogP contribution in [0.1, 0.15) is 172 Å².